The zero-order chi connectivity index (χ0) is 90.6. The third kappa shape index (κ3) is 39.3. The molecular formula is C78H126N22O21. The number of carboxylic acid groups (broad SMARTS) is 3. The molecule has 0 radical (unpaired) electrons. The molecular weight excluding hydrogens is 1580 g/mol. The molecule has 3 rings (SSSR count). The molecule has 2 aromatic rings. The summed E-state index contributed by atoms with van der Waals surface area (Å²) in [5.41, 5.74) is 29.4. The van der Waals surface area contributed by atoms with Crippen molar-refractivity contribution in [2.75, 3.05) is 45.9 Å². The van der Waals surface area contributed by atoms with Crippen molar-refractivity contribution in [1.82, 2.24) is 79.3 Å². The monoisotopic (exact) mass is 1710 g/mol. The van der Waals surface area contributed by atoms with E-state index in [4.69, 9.17) is 39.5 Å². The van der Waals surface area contributed by atoms with Gasteiger partial charge in [0.2, 0.25) is 76.8 Å². The third-order valence-corrected chi connectivity index (χ3v) is 19.3. The zero-order valence-electron chi connectivity index (χ0n) is 69.4. The Balaban J connectivity index is 1.82. The number of rotatable bonds is 57. The van der Waals surface area contributed by atoms with Crippen LogP contribution in [0.4, 0.5) is 0 Å². The van der Waals surface area contributed by atoms with Crippen molar-refractivity contribution in [2.45, 2.75) is 242 Å². The summed E-state index contributed by atoms with van der Waals surface area (Å²) in [6, 6.07) is -5.38. The molecule has 121 heavy (non-hydrogen) atoms. The van der Waals surface area contributed by atoms with E-state index in [0.29, 0.717) is 24.0 Å². The fourth-order valence-corrected chi connectivity index (χ4v) is 12.9. The molecule has 1 aliphatic rings. The number of hydrogen-bond donors (Lipinski definition) is 26. The minimum atomic E-state index is -1.87. The van der Waals surface area contributed by atoms with Crippen LogP contribution in [-0.2, 0) is 89.6 Å². The number of hydrogen-bond acceptors (Lipinski definition) is 23. The van der Waals surface area contributed by atoms with E-state index in [0.717, 1.165) is 4.90 Å². The van der Waals surface area contributed by atoms with Crippen LogP contribution < -0.4 is 103 Å². The normalized spacial score (nSPS) is 15.4. The quantitative estimate of drug-likeness (QED) is 0.0167. The Morgan fingerprint density at radius 3 is 1.37 bits per heavy atom. The van der Waals surface area contributed by atoms with Crippen LogP contribution in [0.5, 0.6) is 5.75 Å². The Bertz CT molecular complexity index is 3800. The molecule has 43 heteroatoms. The summed E-state index contributed by atoms with van der Waals surface area (Å²) in [6.07, 6.45) is -0.968. The minimum Gasteiger partial charge on any atom is -0.508 e. The van der Waals surface area contributed by atoms with Crippen LogP contribution in [-0.4, -0.2) is 261 Å². The molecule has 13 amide bonds. The van der Waals surface area contributed by atoms with Crippen molar-refractivity contribution in [3.05, 3.63) is 65.7 Å². The van der Waals surface area contributed by atoms with Gasteiger partial charge in [-0.15, -0.1) is 0 Å². The van der Waals surface area contributed by atoms with Crippen molar-refractivity contribution in [3.63, 3.8) is 0 Å². The second-order valence-electron chi connectivity index (χ2n) is 30.8. The number of nitrogens with two attached hydrogens (primary N) is 5. The number of phenols is 1. The second-order valence-corrected chi connectivity index (χ2v) is 30.8. The van der Waals surface area contributed by atoms with Crippen LogP contribution in [0, 0.1) is 28.6 Å². The number of aliphatic hydroxyl groups is 1. The van der Waals surface area contributed by atoms with Crippen LogP contribution in [0.2, 0.25) is 0 Å². The summed E-state index contributed by atoms with van der Waals surface area (Å²) in [4.78, 5) is 222. The van der Waals surface area contributed by atoms with Gasteiger partial charge in [-0.25, -0.2) is 4.79 Å². The highest BCUT2D eigenvalue weighted by molar-refractivity contribution is 6.01. The first kappa shape index (κ1) is 103. The average molecular weight is 1710 g/mol. The van der Waals surface area contributed by atoms with Crippen molar-refractivity contribution < 1.29 is 102 Å². The van der Waals surface area contributed by atoms with Crippen LogP contribution in [0.25, 0.3) is 0 Å². The number of phenolic OH excluding ortho intramolecular Hbond substituents is 1. The predicted molar refractivity (Wildman–Crippen MR) is 441 cm³/mol. The van der Waals surface area contributed by atoms with E-state index in [1.165, 1.54) is 38.1 Å². The molecule has 0 aliphatic carbocycles. The number of benzene rings is 2. The largest absolute Gasteiger partial charge is 0.508 e. The van der Waals surface area contributed by atoms with Gasteiger partial charge in [-0.2, -0.15) is 0 Å². The lowest BCUT2D eigenvalue weighted by molar-refractivity contribution is -0.146. The average Bonchev–Trinajstić information content (AvgIpc) is 1.71. The van der Waals surface area contributed by atoms with Gasteiger partial charge in [0.05, 0.1) is 25.6 Å². The second kappa shape index (κ2) is 54.3. The number of likely N-dealkylation sites (tertiary alicyclic amines) is 1. The Morgan fingerprint density at radius 1 is 0.463 bits per heavy atom. The van der Waals surface area contributed by atoms with Gasteiger partial charge >= 0.3 is 17.9 Å². The summed E-state index contributed by atoms with van der Waals surface area (Å²) < 4.78 is 0. The van der Waals surface area contributed by atoms with Crippen LogP contribution in [0.3, 0.4) is 0 Å². The summed E-state index contributed by atoms with van der Waals surface area (Å²) in [5.74, 6) is -18.9. The first-order valence-corrected chi connectivity index (χ1v) is 40.5. The van der Waals surface area contributed by atoms with E-state index in [1.807, 2.05) is 0 Å². The van der Waals surface area contributed by atoms with Gasteiger partial charge < -0.3 is 134 Å². The lowest BCUT2D eigenvalue weighted by Crippen LogP contribution is -2.61. The number of aliphatic hydroxyl groups excluding tert-OH is 1. The number of nitrogens with one attached hydrogen (secondary N) is 16. The molecule has 0 aromatic heterocycles. The smallest absolute Gasteiger partial charge is 0.326 e. The SMILES string of the molecule is CC(C)C[C@H](NC(=O)[C@H](Cc1ccccc1)NC(=O)[C@H](CCCCN)NC(=O)[C@@H]1CCCN1C(=O)[C@H](CC(=O)O)NC(=O)[C@@H](NC(=O)CNC(=O)[C@H](CCCCN)NC(=O)[C@H](CC(C)C)NC(=O)[C@H](CO)NC(=O)[C@H](CCC(=O)O)NC(=O)[C@H](Cc1ccc(O)cc1)NC(=O)[C@@H](N)CCCNC(=N)N)C(C)C)C(=O)N[C@@H](CCCNC(=N)N)C(=O)O. The molecule has 1 aliphatic heterocycles. The van der Waals surface area contributed by atoms with Gasteiger partial charge in [0.15, 0.2) is 11.9 Å². The van der Waals surface area contributed by atoms with Crippen LogP contribution >= 0.6 is 0 Å². The van der Waals surface area contributed by atoms with Gasteiger partial charge in [0.1, 0.15) is 78.3 Å². The summed E-state index contributed by atoms with van der Waals surface area (Å²) in [6.45, 7) is 8.53. The number of unbranched alkanes of at least 4 members (excludes halogenated alkanes) is 2. The highest BCUT2D eigenvalue weighted by Gasteiger charge is 2.42. The number of carbonyl (C=O) groups excluding carboxylic acids is 13. The van der Waals surface area contributed by atoms with Gasteiger partial charge in [-0.1, -0.05) is 84.0 Å². The molecule has 674 valence electrons. The zero-order valence-corrected chi connectivity index (χ0v) is 69.4. The maximum absolute atomic E-state index is 14.6. The minimum absolute atomic E-state index is 0.00213. The van der Waals surface area contributed by atoms with Crippen molar-refractivity contribution in [2.24, 2.45) is 46.4 Å². The maximum atomic E-state index is 14.6. The van der Waals surface area contributed by atoms with Crippen molar-refractivity contribution >= 4 is 107 Å². The standard InChI is InChI=1S/C78H126N22O21/c1-42(2)35-53(95-72(116)58(41-101)98-67(111)51(28-29-61(104)105)90-70(114)55(38-46-24-26-47(102)27-25-46)93-64(108)48(81)19-14-32-86-77(82)83)68(112)89-49(20-10-12-30-79)65(109)88-40-60(103)99-63(44(5)6)74(118)97-57(39-62(106)107)75(119)100-34-16-23-59(100)73(117)91-50(21-11-13-31-80)66(110)96-56(37-45-17-8-7-9-18-45)71(115)94-54(36-43(3)4)69(113)92-52(76(120)121)22-15-33-87-78(84)85/h7-9,17-18,24-27,42-44,48-59,63,101-102H,10-16,19-23,28-41,79-81H2,1-6H3,(H,88,109)(H,89,112)(H,90,114)(H,91,117)(H,92,113)(H,93,108)(H,94,115)(H,95,116)(H,96,110)(H,97,118)(H,98,111)(H,99,103)(H,104,105)(H,106,107)(H,120,121)(H4,82,83,86)(H4,84,85,87)/t48-,49-,50-,51-,52-,53-,54-,55-,56-,57-,58-,59-,63-/m0/s1. The van der Waals surface area contributed by atoms with E-state index >= 15 is 0 Å². The molecule has 0 unspecified atom stereocenters. The predicted octanol–water partition coefficient (Wildman–Crippen LogP) is -5.11. The van der Waals surface area contributed by atoms with E-state index in [2.05, 4.69) is 74.4 Å². The molecule has 13 atom stereocenters. The molecule has 0 bridgehead atoms. The highest BCUT2D eigenvalue weighted by atomic mass is 16.4. The number of amides is 13. The Hall–Kier alpha value is -11.9. The van der Waals surface area contributed by atoms with Gasteiger partial charge in [0.25, 0.3) is 0 Å². The summed E-state index contributed by atoms with van der Waals surface area (Å²) in [7, 11) is 0. The number of aliphatic carboxylic acids is 3. The van der Waals surface area contributed by atoms with Crippen LogP contribution in [0.15, 0.2) is 54.6 Å². The molecule has 1 fully saturated rings. The fraction of sp³-hybridized carbons (Fsp3) is 0.615. The van der Waals surface area contributed by atoms with Crippen molar-refractivity contribution in [1.29, 1.82) is 10.8 Å². The first-order chi connectivity index (χ1) is 57.2. The van der Waals surface area contributed by atoms with Gasteiger partial charge in [0, 0.05) is 38.9 Å². The Kier molecular flexibility index (Phi) is 46.4. The molecule has 0 spiro atoms. The summed E-state index contributed by atoms with van der Waals surface area (Å²) >= 11 is 0. The van der Waals surface area contributed by atoms with E-state index < -0.39 is 212 Å². The first-order valence-electron chi connectivity index (χ1n) is 40.5. The Labute approximate surface area is 702 Å². The number of aromatic hydroxyl groups is 1. The number of nitrogens with zero attached hydrogens (tertiary/aromatic N) is 1. The number of carboxylic acids is 3. The number of carbonyl (C=O) groups is 16. The lowest BCUT2D eigenvalue weighted by atomic mass is 10.00. The molecule has 0 saturated carbocycles. The topological polar surface area (TPSA) is 724 Å². The van der Waals surface area contributed by atoms with E-state index in [9.17, 15) is 102 Å². The van der Waals surface area contributed by atoms with Gasteiger partial charge in [-0.3, -0.25) is 82.7 Å². The Morgan fingerprint density at radius 2 is 0.893 bits per heavy atom. The molecule has 43 nitrogen and oxygen atoms in total. The maximum Gasteiger partial charge on any atom is 0.326 e. The molecule has 1 saturated heterocycles. The van der Waals surface area contributed by atoms with E-state index in [-0.39, 0.29) is 152 Å². The number of guanidine groups is 2. The summed E-state index contributed by atoms with van der Waals surface area (Å²) in [5, 5.41) is 100. The molecule has 2 aromatic carbocycles. The third-order valence-electron chi connectivity index (χ3n) is 19.3. The van der Waals surface area contributed by atoms with Crippen LogP contribution in [0.1, 0.15) is 162 Å². The highest BCUT2D eigenvalue weighted by Crippen LogP contribution is 2.22. The lowest BCUT2D eigenvalue weighted by Gasteiger charge is -2.31. The molecule has 1 heterocycles. The van der Waals surface area contributed by atoms with Crippen molar-refractivity contribution in [3.8, 4) is 5.75 Å². The fourth-order valence-electron chi connectivity index (χ4n) is 12.9. The molecule has 31 N–H and O–H groups in total. The van der Waals surface area contributed by atoms with E-state index in [1.54, 1.807) is 58.0 Å². The van der Waals surface area contributed by atoms with Gasteiger partial charge in [-0.05, 0) is 150 Å².